The van der Waals surface area contributed by atoms with Gasteiger partial charge in [-0.25, -0.2) is 0 Å². The van der Waals surface area contributed by atoms with E-state index in [0.29, 0.717) is 0 Å². The van der Waals surface area contributed by atoms with Crippen molar-refractivity contribution in [3.63, 3.8) is 0 Å². The molecule has 0 heterocycles. The smallest absolute Gasteiger partial charge is 0.308 e. The molecular formula is C4H9F3N2. The van der Waals surface area contributed by atoms with Crippen molar-refractivity contribution in [3.05, 3.63) is 0 Å². The molecule has 9 heavy (non-hydrogen) atoms. The van der Waals surface area contributed by atoms with E-state index in [2.05, 4.69) is 5.73 Å². The Hall–Kier alpha value is -0.290. The van der Waals surface area contributed by atoms with Gasteiger partial charge in [0.25, 0.3) is 0 Å². The molecule has 0 amide bonds. The summed E-state index contributed by atoms with van der Waals surface area (Å²) >= 11 is 0. The first-order valence-corrected chi connectivity index (χ1v) is 2.54. The van der Waals surface area contributed by atoms with Gasteiger partial charge in [0, 0.05) is 0 Å². The van der Waals surface area contributed by atoms with E-state index in [4.69, 9.17) is 0 Å². The zero-order chi connectivity index (χ0) is 7.49. The topological polar surface area (TPSA) is 38.0 Å². The van der Waals surface area contributed by atoms with Crippen LogP contribution in [0.25, 0.3) is 0 Å². The lowest BCUT2D eigenvalue weighted by molar-refractivity contribution is -0.154. The summed E-state index contributed by atoms with van der Waals surface area (Å²) in [6.45, 7) is 1.78. The molecule has 1 unspecified atom stereocenters. The number of rotatable bonds is 2. The summed E-state index contributed by atoms with van der Waals surface area (Å²) < 4.78 is 34.3. The molecule has 0 radical (unpaired) electrons. The molecule has 0 aromatic rings. The average Bonchev–Trinajstić information content (AvgIpc) is 1.64. The maximum absolute atomic E-state index is 11.4. The molecule has 0 saturated carbocycles. The number of hydrogen-bond donors (Lipinski definition) is 2. The van der Waals surface area contributed by atoms with Crippen LogP contribution in [0.15, 0.2) is 0 Å². The molecule has 0 aliphatic carbocycles. The Balaban J connectivity index is 3.59. The fourth-order valence-corrected chi connectivity index (χ4v) is 0.336. The lowest BCUT2D eigenvalue weighted by Crippen LogP contribution is -2.49. The van der Waals surface area contributed by atoms with Gasteiger partial charge in [-0.2, -0.15) is 13.2 Å². The van der Waals surface area contributed by atoms with E-state index < -0.39 is 12.3 Å². The lowest BCUT2D eigenvalue weighted by Gasteiger charge is -2.15. The van der Waals surface area contributed by atoms with Gasteiger partial charge in [-0.05, 0) is 6.54 Å². The molecule has 0 saturated heterocycles. The van der Waals surface area contributed by atoms with E-state index in [-0.39, 0.29) is 6.54 Å². The quantitative estimate of drug-likeness (QED) is 0.549. The molecule has 0 aliphatic heterocycles. The molecule has 0 aromatic heterocycles. The van der Waals surface area contributed by atoms with Gasteiger partial charge < -0.3 is 5.73 Å². The summed E-state index contributed by atoms with van der Waals surface area (Å²) in [6.07, 6.45) is -6.21. The van der Waals surface area contributed by atoms with Crippen molar-refractivity contribution in [1.82, 2.24) is 5.32 Å². The second-order valence-electron chi connectivity index (χ2n) is 1.58. The van der Waals surface area contributed by atoms with Crippen LogP contribution in [0.3, 0.4) is 0 Å². The predicted molar refractivity (Wildman–Crippen MR) is 27.7 cm³/mol. The predicted octanol–water partition coefficient (Wildman–Crippen LogP) is 0.443. The monoisotopic (exact) mass is 142 g/mol. The molecular weight excluding hydrogens is 133 g/mol. The van der Waals surface area contributed by atoms with Crippen LogP contribution < -0.4 is 11.1 Å². The highest BCUT2D eigenvalue weighted by atomic mass is 19.4. The summed E-state index contributed by atoms with van der Waals surface area (Å²) in [5, 5.41) is 2.04. The third-order valence-electron chi connectivity index (χ3n) is 0.777. The highest BCUT2D eigenvalue weighted by Crippen LogP contribution is 2.15. The fraction of sp³-hybridized carbons (Fsp3) is 1.00. The van der Waals surface area contributed by atoms with Crippen LogP contribution in [0.2, 0.25) is 0 Å². The van der Waals surface area contributed by atoms with Crippen molar-refractivity contribution >= 4 is 0 Å². The van der Waals surface area contributed by atoms with Gasteiger partial charge in [-0.1, -0.05) is 6.92 Å². The zero-order valence-corrected chi connectivity index (χ0v) is 5.00. The molecule has 0 spiro atoms. The highest BCUT2D eigenvalue weighted by molar-refractivity contribution is 4.65. The van der Waals surface area contributed by atoms with Crippen molar-refractivity contribution in [2.45, 2.75) is 19.3 Å². The number of alkyl halides is 3. The number of halogens is 3. The molecule has 2 nitrogen and oxygen atoms in total. The Morgan fingerprint density at radius 2 is 2.00 bits per heavy atom. The molecule has 0 aliphatic rings. The van der Waals surface area contributed by atoms with Crippen LogP contribution in [0.5, 0.6) is 0 Å². The highest BCUT2D eigenvalue weighted by Gasteiger charge is 2.35. The van der Waals surface area contributed by atoms with Gasteiger partial charge in [-0.3, -0.25) is 5.32 Å². The van der Waals surface area contributed by atoms with E-state index in [1.807, 2.05) is 5.32 Å². The SMILES string of the molecule is CCNC(N)C(F)(F)F. The van der Waals surface area contributed by atoms with Gasteiger partial charge in [-0.15, -0.1) is 0 Å². The molecule has 1 atom stereocenters. The lowest BCUT2D eigenvalue weighted by atomic mass is 10.5. The van der Waals surface area contributed by atoms with Crippen molar-refractivity contribution in [2.24, 2.45) is 5.73 Å². The van der Waals surface area contributed by atoms with Crippen LogP contribution in [-0.4, -0.2) is 18.9 Å². The van der Waals surface area contributed by atoms with Crippen LogP contribution >= 0.6 is 0 Å². The zero-order valence-electron chi connectivity index (χ0n) is 5.00. The van der Waals surface area contributed by atoms with Crippen LogP contribution in [-0.2, 0) is 0 Å². The molecule has 3 N–H and O–H groups in total. The van der Waals surface area contributed by atoms with Gasteiger partial charge >= 0.3 is 6.18 Å². The van der Waals surface area contributed by atoms with E-state index in [1.165, 1.54) is 0 Å². The molecule has 5 heteroatoms. The first kappa shape index (κ1) is 8.71. The van der Waals surface area contributed by atoms with E-state index >= 15 is 0 Å². The Morgan fingerprint density at radius 1 is 1.56 bits per heavy atom. The molecule has 0 bridgehead atoms. The number of nitrogens with two attached hydrogens (primary N) is 1. The van der Waals surface area contributed by atoms with Gasteiger partial charge in [0.15, 0.2) is 6.17 Å². The Kier molecular flexibility index (Phi) is 2.93. The van der Waals surface area contributed by atoms with E-state index in [0.717, 1.165) is 0 Å². The van der Waals surface area contributed by atoms with Crippen molar-refractivity contribution < 1.29 is 13.2 Å². The molecule has 0 aromatic carbocycles. The molecule has 0 rings (SSSR count). The maximum atomic E-state index is 11.4. The first-order chi connectivity index (χ1) is 3.98. The van der Waals surface area contributed by atoms with Crippen molar-refractivity contribution in [1.29, 1.82) is 0 Å². The Morgan fingerprint density at radius 3 is 2.11 bits per heavy atom. The van der Waals surface area contributed by atoms with Gasteiger partial charge in [0.05, 0.1) is 0 Å². The molecule has 56 valence electrons. The minimum Gasteiger partial charge on any atom is -0.308 e. The van der Waals surface area contributed by atoms with Crippen LogP contribution in [0, 0.1) is 0 Å². The van der Waals surface area contributed by atoms with E-state index in [9.17, 15) is 13.2 Å². The summed E-state index contributed by atoms with van der Waals surface area (Å²) in [4.78, 5) is 0. The third-order valence-corrected chi connectivity index (χ3v) is 0.777. The molecule has 0 fully saturated rings. The maximum Gasteiger partial charge on any atom is 0.416 e. The first-order valence-electron chi connectivity index (χ1n) is 2.54. The normalized spacial score (nSPS) is 15.7. The van der Waals surface area contributed by atoms with Crippen LogP contribution in [0.1, 0.15) is 6.92 Å². The van der Waals surface area contributed by atoms with Crippen molar-refractivity contribution in [3.8, 4) is 0 Å². The average molecular weight is 142 g/mol. The van der Waals surface area contributed by atoms with Crippen molar-refractivity contribution in [2.75, 3.05) is 6.54 Å². The Bertz CT molecular complexity index is 80.4. The standard InChI is InChI=1S/C4H9F3N2/c1-2-9-3(8)4(5,6)7/h3,9H,2,8H2,1H3. The summed E-state index contributed by atoms with van der Waals surface area (Å²) in [7, 11) is 0. The number of nitrogens with one attached hydrogen (secondary N) is 1. The summed E-state index contributed by atoms with van der Waals surface area (Å²) in [5.41, 5.74) is 4.63. The summed E-state index contributed by atoms with van der Waals surface area (Å²) in [5.74, 6) is 0. The minimum atomic E-state index is -4.32. The van der Waals surface area contributed by atoms with Gasteiger partial charge in [0.1, 0.15) is 0 Å². The largest absolute Gasteiger partial charge is 0.416 e. The minimum absolute atomic E-state index is 0.223. The van der Waals surface area contributed by atoms with E-state index in [1.54, 1.807) is 6.92 Å². The number of hydrogen-bond acceptors (Lipinski definition) is 2. The summed E-state index contributed by atoms with van der Waals surface area (Å²) in [6, 6.07) is 0. The second kappa shape index (κ2) is 3.03. The van der Waals surface area contributed by atoms with Gasteiger partial charge in [0.2, 0.25) is 0 Å². The second-order valence-corrected chi connectivity index (χ2v) is 1.58. The van der Waals surface area contributed by atoms with Crippen LogP contribution in [0.4, 0.5) is 13.2 Å². The third kappa shape index (κ3) is 3.31. The Labute approximate surface area is 51.2 Å². The fourth-order valence-electron chi connectivity index (χ4n) is 0.336.